The summed E-state index contributed by atoms with van der Waals surface area (Å²) in [5, 5.41) is 8.75. The second-order valence-electron chi connectivity index (χ2n) is 4.71. The normalized spacial score (nSPS) is 10.6. The Kier molecular flexibility index (Phi) is 4.08. The third kappa shape index (κ3) is 2.99. The van der Waals surface area contributed by atoms with Gasteiger partial charge >= 0.3 is 5.97 Å². The SMILES string of the molecule is COc1ccc(C)cc1-c1cn(CCC(=O)O)c(C)n1. The minimum atomic E-state index is -0.812. The molecule has 0 aliphatic carbocycles. The van der Waals surface area contributed by atoms with E-state index in [2.05, 4.69) is 4.98 Å². The van der Waals surface area contributed by atoms with Gasteiger partial charge in [0.2, 0.25) is 0 Å². The predicted molar refractivity (Wildman–Crippen MR) is 75.9 cm³/mol. The predicted octanol–water partition coefficient (Wildman–Crippen LogP) is 2.65. The van der Waals surface area contributed by atoms with Crippen molar-refractivity contribution < 1.29 is 14.6 Å². The third-order valence-electron chi connectivity index (χ3n) is 3.17. The number of rotatable bonds is 5. The van der Waals surface area contributed by atoms with Gasteiger partial charge in [0.1, 0.15) is 11.6 Å². The number of carboxylic acids is 1. The van der Waals surface area contributed by atoms with Gasteiger partial charge in [-0.1, -0.05) is 11.6 Å². The zero-order chi connectivity index (χ0) is 14.7. The van der Waals surface area contributed by atoms with Crippen LogP contribution in [0.5, 0.6) is 5.75 Å². The number of aliphatic carboxylic acids is 1. The van der Waals surface area contributed by atoms with E-state index in [4.69, 9.17) is 9.84 Å². The number of nitrogens with zero attached hydrogens (tertiary/aromatic N) is 2. The highest BCUT2D eigenvalue weighted by molar-refractivity contribution is 5.68. The van der Waals surface area contributed by atoms with Gasteiger partial charge in [-0.3, -0.25) is 4.79 Å². The van der Waals surface area contributed by atoms with Crippen LogP contribution in [0, 0.1) is 13.8 Å². The van der Waals surface area contributed by atoms with Crippen LogP contribution in [0.2, 0.25) is 0 Å². The first-order valence-corrected chi connectivity index (χ1v) is 6.42. The van der Waals surface area contributed by atoms with Gasteiger partial charge in [-0.15, -0.1) is 0 Å². The molecular formula is C15H18N2O3. The maximum absolute atomic E-state index is 10.7. The lowest BCUT2D eigenvalue weighted by Crippen LogP contribution is -2.04. The lowest BCUT2D eigenvalue weighted by Gasteiger charge is -2.07. The summed E-state index contributed by atoms with van der Waals surface area (Å²) in [6.45, 7) is 4.30. The van der Waals surface area contributed by atoms with Gasteiger partial charge in [-0.05, 0) is 26.0 Å². The number of aromatic nitrogens is 2. The standard InChI is InChI=1S/C15H18N2O3/c1-10-4-5-14(20-3)12(8-10)13-9-17(11(2)16-13)7-6-15(18)19/h4-5,8-9H,6-7H2,1-3H3,(H,18,19). The Morgan fingerprint density at radius 3 is 2.80 bits per heavy atom. The van der Waals surface area contributed by atoms with Crippen LogP contribution in [-0.4, -0.2) is 27.7 Å². The van der Waals surface area contributed by atoms with E-state index in [1.54, 1.807) is 7.11 Å². The Balaban J connectivity index is 2.36. The number of ether oxygens (including phenoxy) is 1. The van der Waals surface area contributed by atoms with Crippen molar-refractivity contribution >= 4 is 5.97 Å². The fourth-order valence-corrected chi connectivity index (χ4v) is 2.10. The number of imidazole rings is 1. The Hall–Kier alpha value is -2.30. The third-order valence-corrected chi connectivity index (χ3v) is 3.17. The molecule has 2 rings (SSSR count). The summed E-state index contributed by atoms with van der Waals surface area (Å²) < 4.78 is 7.21. The number of carbonyl (C=O) groups is 1. The van der Waals surface area contributed by atoms with Crippen molar-refractivity contribution in [1.29, 1.82) is 0 Å². The van der Waals surface area contributed by atoms with Crippen LogP contribution < -0.4 is 4.74 Å². The van der Waals surface area contributed by atoms with Crippen LogP contribution in [-0.2, 0) is 11.3 Å². The molecule has 0 atom stereocenters. The van der Waals surface area contributed by atoms with Gasteiger partial charge in [0, 0.05) is 18.3 Å². The van der Waals surface area contributed by atoms with Crippen molar-refractivity contribution in [1.82, 2.24) is 9.55 Å². The van der Waals surface area contributed by atoms with Crippen LogP contribution in [0.25, 0.3) is 11.3 Å². The van der Waals surface area contributed by atoms with Gasteiger partial charge in [0.15, 0.2) is 0 Å². The Bertz CT molecular complexity index is 632. The van der Waals surface area contributed by atoms with Crippen molar-refractivity contribution in [2.75, 3.05) is 7.11 Å². The van der Waals surface area contributed by atoms with Crippen molar-refractivity contribution in [2.45, 2.75) is 26.8 Å². The maximum atomic E-state index is 10.7. The lowest BCUT2D eigenvalue weighted by molar-refractivity contribution is -0.137. The van der Waals surface area contributed by atoms with Crippen molar-refractivity contribution in [3.63, 3.8) is 0 Å². The summed E-state index contributed by atoms with van der Waals surface area (Å²) >= 11 is 0. The van der Waals surface area contributed by atoms with E-state index in [9.17, 15) is 4.79 Å². The fraction of sp³-hybridized carbons (Fsp3) is 0.333. The summed E-state index contributed by atoms with van der Waals surface area (Å²) in [5.74, 6) is 0.746. The number of hydrogen-bond donors (Lipinski definition) is 1. The number of benzene rings is 1. The van der Waals surface area contributed by atoms with Gasteiger partial charge in [-0.25, -0.2) is 4.98 Å². The molecule has 1 N–H and O–H groups in total. The fourth-order valence-electron chi connectivity index (χ4n) is 2.10. The molecule has 0 aliphatic heterocycles. The topological polar surface area (TPSA) is 64.3 Å². The highest BCUT2D eigenvalue weighted by Crippen LogP contribution is 2.30. The highest BCUT2D eigenvalue weighted by Gasteiger charge is 2.12. The number of hydrogen-bond acceptors (Lipinski definition) is 3. The highest BCUT2D eigenvalue weighted by atomic mass is 16.5. The molecule has 0 spiro atoms. The maximum Gasteiger partial charge on any atom is 0.305 e. The van der Waals surface area contributed by atoms with Crippen LogP contribution in [0.15, 0.2) is 24.4 Å². The minimum Gasteiger partial charge on any atom is -0.496 e. The molecule has 0 fully saturated rings. The second kappa shape index (κ2) is 5.77. The van der Waals surface area contributed by atoms with Crippen molar-refractivity contribution in [3.05, 3.63) is 35.8 Å². The quantitative estimate of drug-likeness (QED) is 0.910. The van der Waals surface area contributed by atoms with E-state index in [-0.39, 0.29) is 6.42 Å². The molecule has 0 unspecified atom stereocenters. The number of carboxylic acid groups (broad SMARTS) is 1. The number of methoxy groups -OCH3 is 1. The first-order valence-electron chi connectivity index (χ1n) is 6.42. The molecular weight excluding hydrogens is 256 g/mol. The monoisotopic (exact) mass is 274 g/mol. The zero-order valence-corrected chi connectivity index (χ0v) is 11.9. The Labute approximate surface area is 117 Å². The molecule has 1 heterocycles. The summed E-state index contributed by atoms with van der Waals surface area (Å²) in [6.07, 6.45) is 1.96. The molecule has 1 aromatic heterocycles. The molecule has 2 aromatic rings. The van der Waals surface area contributed by atoms with Crippen molar-refractivity contribution in [2.24, 2.45) is 0 Å². The Morgan fingerprint density at radius 1 is 1.40 bits per heavy atom. The van der Waals surface area contributed by atoms with Gasteiger partial charge in [0.25, 0.3) is 0 Å². The van der Waals surface area contributed by atoms with Gasteiger partial charge < -0.3 is 14.4 Å². The first-order chi connectivity index (χ1) is 9.51. The van der Waals surface area contributed by atoms with Crippen LogP contribution in [0.3, 0.4) is 0 Å². The van der Waals surface area contributed by atoms with Crippen molar-refractivity contribution in [3.8, 4) is 17.0 Å². The molecule has 5 nitrogen and oxygen atoms in total. The van der Waals surface area contributed by atoms with E-state index in [0.717, 1.165) is 28.4 Å². The Morgan fingerprint density at radius 2 is 2.15 bits per heavy atom. The first kappa shape index (κ1) is 14.1. The lowest BCUT2D eigenvalue weighted by atomic mass is 10.1. The zero-order valence-electron chi connectivity index (χ0n) is 11.9. The van der Waals surface area contributed by atoms with E-state index >= 15 is 0 Å². The molecule has 106 valence electrons. The molecule has 20 heavy (non-hydrogen) atoms. The molecule has 0 aliphatic rings. The average molecular weight is 274 g/mol. The van der Waals surface area contributed by atoms with E-state index < -0.39 is 5.97 Å². The largest absolute Gasteiger partial charge is 0.496 e. The summed E-state index contributed by atoms with van der Waals surface area (Å²) in [5.41, 5.74) is 2.84. The van der Waals surface area contributed by atoms with E-state index in [0.29, 0.717) is 6.54 Å². The van der Waals surface area contributed by atoms with Crippen LogP contribution >= 0.6 is 0 Å². The minimum absolute atomic E-state index is 0.0849. The smallest absolute Gasteiger partial charge is 0.305 e. The van der Waals surface area contributed by atoms with E-state index in [1.807, 2.05) is 42.8 Å². The molecule has 0 bridgehead atoms. The molecule has 0 saturated carbocycles. The summed E-state index contributed by atoms with van der Waals surface area (Å²) in [7, 11) is 1.63. The number of aryl methyl sites for hydroxylation is 3. The summed E-state index contributed by atoms with van der Waals surface area (Å²) in [6, 6.07) is 5.91. The van der Waals surface area contributed by atoms with Gasteiger partial charge in [-0.2, -0.15) is 0 Å². The molecule has 0 amide bonds. The van der Waals surface area contributed by atoms with Crippen LogP contribution in [0.4, 0.5) is 0 Å². The molecule has 1 aromatic carbocycles. The molecule has 0 saturated heterocycles. The van der Waals surface area contributed by atoms with Crippen LogP contribution in [0.1, 0.15) is 17.8 Å². The molecule has 5 heteroatoms. The molecule has 0 radical (unpaired) electrons. The average Bonchev–Trinajstić information content (AvgIpc) is 2.77. The second-order valence-corrected chi connectivity index (χ2v) is 4.71. The summed E-state index contributed by atoms with van der Waals surface area (Å²) in [4.78, 5) is 15.2. The van der Waals surface area contributed by atoms with Gasteiger partial charge in [0.05, 0.1) is 19.2 Å². The van der Waals surface area contributed by atoms with E-state index in [1.165, 1.54) is 0 Å².